The molecule has 0 amide bonds. The van der Waals surface area contributed by atoms with Gasteiger partial charge in [-0.05, 0) is 30.7 Å². The molecule has 114 valence electrons. The molecule has 1 aliphatic rings. The summed E-state index contributed by atoms with van der Waals surface area (Å²) in [5, 5.41) is 0. The Labute approximate surface area is 130 Å². The molecule has 0 aliphatic carbocycles. The van der Waals surface area contributed by atoms with Crippen LogP contribution in [0.5, 0.6) is 0 Å². The maximum Gasteiger partial charge on any atom is 0.360 e. The van der Waals surface area contributed by atoms with Gasteiger partial charge in [-0.25, -0.2) is 9.59 Å². The van der Waals surface area contributed by atoms with Gasteiger partial charge in [0.15, 0.2) is 0 Å². The first-order valence-corrected chi connectivity index (χ1v) is 8.87. The number of carbonyl (C=O) groups excluding carboxylic acids is 2. The van der Waals surface area contributed by atoms with Gasteiger partial charge in [-0.1, -0.05) is 36.4 Å². The molecule has 0 unspecified atom stereocenters. The zero-order valence-corrected chi connectivity index (χ0v) is 12.8. The number of hydrogen-bond acceptors (Lipinski definition) is 4. The average Bonchev–Trinajstić information content (AvgIpc) is 2.54. The van der Waals surface area contributed by atoms with E-state index in [0.717, 1.165) is 6.42 Å². The van der Waals surface area contributed by atoms with Crippen molar-refractivity contribution in [3.8, 4) is 0 Å². The Balaban J connectivity index is 1.70. The summed E-state index contributed by atoms with van der Waals surface area (Å²) in [6, 6.07) is 17.5. The third kappa shape index (κ3) is 3.14. The standard InChI is InChI=1S/C17H16O4S/c18-16(14-8-3-1-4-9-14)20-22(12-7-13-22)21-17(19)15-10-5-2-6-11-15/h1-6,8-11H,7,12-13H2. The summed E-state index contributed by atoms with van der Waals surface area (Å²) in [5.74, 6) is 0.362. The molecule has 0 spiro atoms. The molecular weight excluding hydrogens is 300 g/mol. The largest absolute Gasteiger partial charge is 0.360 e. The van der Waals surface area contributed by atoms with E-state index in [1.807, 2.05) is 12.1 Å². The smallest absolute Gasteiger partial charge is 0.340 e. The molecule has 0 saturated carbocycles. The van der Waals surface area contributed by atoms with Crippen LogP contribution in [0.1, 0.15) is 27.1 Å². The maximum absolute atomic E-state index is 12.2. The van der Waals surface area contributed by atoms with Crippen molar-refractivity contribution in [3.05, 3.63) is 71.8 Å². The summed E-state index contributed by atoms with van der Waals surface area (Å²) >= 11 is 0. The van der Waals surface area contributed by atoms with Crippen molar-refractivity contribution < 1.29 is 18.0 Å². The molecule has 0 radical (unpaired) electrons. The van der Waals surface area contributed by atoms with E-state index >= 15 is 0 Å². The first kappa shape index (κ1) is 14.7. The van der Waals surface area contributed by atoms with Gasteiger partial charge < -0.3 is 8.37 Å². The van der Waals surface area contributed by atoms with Crippen molar-refractivity contribution in [2.75, 3.05) is 11.5 Å². The Morgan fingerprint density at radius 2 is 1.14 bits per heavy atom. The molecule has 2 aromatic carbocycles. The zero-order valence-electron chi connectivity index (χ0n) is 11.9. The van der Waals surface area contributed by atoms with Gasteiger partial charge in [-0.2, -0.15) is 0 Å². The molecule has 1 heterocycles. The van der Waals surface area contributed by atoms with E-state index in [4.69, 9.17) is 8.37 Å². The van der Waals surface area contributed by atoms with Crippen molar-refractivity contribution >= 4 is 22.5 Å². The van der Waals surface area contributed by atoms with Crippen molar-refractivity contribution in [3.63, 3.8) is 0 Å². The molecule has 0 atom stereocenters. The van der Waals surface area contributed by atoms with Crippen LogP contribution in [0.4, 0.5) is 0 Å². The van der Waals surface area contributed by atoms with E-state index in [1.165, 1.54) is 0 Å². The first-order chi connectivity index (χ1) is 10.7. The van der Waals surface area contributed by atoms with Crippen molar-refractivity contribution in [1.29, 1.82) is 0 Å². The quantitative estimate of drug-likeness (QED) is 0.862. The van der Waals surface area contributed by atoms with Crippen LogP contribution < -0.4 is 0 Å². The average molecular weight is 316 g/mol. The fourth-order valence-corrected chi connectivity index (χ4v) is 3.96. The van der Waals surface area contributed by atoms with Gasteiger partial charge in [0.25, 0.3) is 0 Å². The molecule has 0 bridgehead atoms. The van der Waals surface area contributed by atoms with Gasteiger partial charge in [-0.3, -0.25) is 0 Å². The van der Waals surface area contributed by atoms with Crippen LogP contribution in [0.3, 0.4) is 0 Å². The Morgan fingerprint density at radius 1 is 0.727 bits per heavy atom. The summed E-state index contributed by atoms with van der Waals surface area (Å²) in [6.45, 7) is 0. The lowest BCUT2D eigenvalue weighted by Crippen LogP contribution is -2.30. The fraction of sp³-hybridized carbons (Fsp3) is 0.176. The summed E-state index contributed by atoms with van der Waals surface area (Å²) in [5.41, 5.74) is 0.939. The molecule has 0 N–H and O–H groups in total. The van der Waals surface area contributed by atoms with E-state index in [0.29, 0.717) is 22.6 Å². The third-order valence-electron chi connectivity index (χ3n) is 3.38. The Kier molecular flexibility index (Phi) is 4.15. The highest BCUT2D eigenvalue weighted by Crippen LogP contribution is 2.59. The van der Waals surface area contributed by atoms with Crippen LogP contribution >= 0.6 is 10.6 Å². The summed E-state index contributed by atoms with van der Waals surface area (Å²) in [7, 11) is -2.09. The predicted octanol–water partition coefficient (Wildman–Crippen LogP) is 3.74. The molecule has 4 nitrogen and oxygen atoms in total. The van der Waals surface area contributed by atoms with Gasteiger partial charge >= 0.3 is 11.9 Å². The number of rotatable bonds is 4. The van der Waals surface area contributed by atoms with Gasteiger partial charge in [0.1, 0.15) is 0 Å². The van der Waals surface area contributed by atoms with E-state index < -0.39 is 22.5 Å². The predicted molar refractivity (Wildman–Crippen MR) is 85.7 cm³/mol. The molecule has 3 rings (SSSR count). The van der Waals surface area contributed by atoms with Gasteiger partial charge in [0.2, 0.25) is 0 Å². The van der Waals surface area contributed by atoms with Crippen LogP contribution in [0, 0.1) is 0 Å². The van der Waals surface area contributed by atoms with E-state index in [9.17, 15) is 9.59 Å². The Morgan fingerprint density at radius 3 is 1.45 bits per heavy atom. The Bertz CT molecular complexity index is 610. The van der Waals surface area contributed by atoms with Gasteiger partial charge in [-0.15, -0.1) is 10.6 Å². The number of carbonyl (C=O) groups is 2. The van der Waals surface area contributed by atoms with Crippen LogP contribution in [-0.2, 0) is 8.37 Å². The van der Waals surface area contributed by atoms with Crippen LogP contribution in [0.25, 0.3) is 0 Å². The molecule has 2 aromatic rings. The fourth-order valence-electron chi connectivity index (χ4n) is 2.08. The maximum atomic E-state index is 12.2. The molecule has 0 aromatic heterocycles. The lowest BCUT2D eigenvalue weighted by molar-refractivity contribution is 0.0670. The second-order valence-corrected chi connectivity index (χ2v) is 7.62. The number of hydrogen-bond donors (Lipinski definition) is 0. The molecule has 1 saturated heterocycles. The van der Waals surface area contributed by atoms with Crippen LogP contribution in [0.15, 0.2) is 60.7 Å². The second-order valence-electron chi connectivity index (χ2n) is 4.98. The minimum Gasteiger partial charge on any atom is -0.340 e. The summed E-state index contributed by atoms with van der Waals surface area (Å²) in [6.07, 6.45) is 0.902. The van der Waals surface area contributed by atoms with E-state index in [-0.39, 0.29) is 0 Å². The van der Waals surface area contributed by atoms with Crippen LogP contribution in [0.2, 0.25) is 0 Å². The third-order valence-corrected chi connectivity index (χ3v) is 6.12. The van der Waals surface area contributed by atoms with E-state index in [2.05, 4.69) is 0 Å². The SMILES string of the molecule is O=C(OS1(OC(=O)c2ccccc2)CCC1)c1ccccc1. The first-order valence-electron chi connectivity index (χ1n) is 7.05. The van der Waals surface area contributed by atoms with Gasteiger partial charge in [0.05, 0.1) is 22.6 Å². The normalized spacial score (nSPS) is 16.9. The monoisotopic (exact) mass is 316 g/mol. The lowest BCUT2D eigenvalue weighted by Gasteiger charge is -2.47. The van der Waals surface area contributed by atoms with Crippen molar-refractivity contribution in [2.45, 2.75) is 6.42 Å². The van der Waals surface area contributed by atoms with E-state index in [1.54, 1.807) is 48.5 Å². The highest BCUT2D eigenvalue weighted by molar-refractivity contribution is 8.27. The highest BCUT2D eigenvalue weighted by Gasteiger charge is 2.36. The van der Waals surface area contributed by atoms with Crippen molar-refractivity contribution in [2.24, 2.45) is 0 Å². The second kappa shape index (κ2) is 6.23. The van der Waals surface area contributed by atoms with Gasteiger partial charge in [0, 0.05) is 0 Å². The van der Waals surface area contributed by atoms with Crippen LogP contribution in [-0.4, -0.2) is 23.4 Å². The highest BCUT2D eigenvalue weighted by atomic mass is 32.3. The topological polar surface area (TPSA) is 52.6 Å². The lowest BCUT2D eigenvalue weighted by atomic mass is 10.2. The summed E-state index contributed by atoms with van der Waals surface area (Å²) < 4.78 is 11.1. The molecule has 1 aliphatic heterocycles. The molecule has 22 heavy (non-hydrogen) atoms. The number of benzene rings is 2. The minimum absolute atomic E-state index is 0.434. The molecular formula is C17H16O4S. The molecule has 5 heteroatoms. The molecule has 1 fully saturated rings. The zero-order chi connectivity index (χ0) is 15.4. The Hall–Kier alpha value is -2.27. The summed E-state index contributed by atoms with van der Waals surface area (Å²) in [4.78, 5) is 24.4. The minimum atomic E-state index is -2.09. The van der Waals surface area contributed by atoms with Crippen molar-refractivity contribution in [1.82, 2.24) is 0 Å².